The molecule has 1 saturated carbocycles. The van der Waals surface area contributed by atoms with Gasteiger partial charge in [-0.3, -0.25) is 14.6 Å². The van der Waals surface area contributed by atoms with Gasteiger partial charge in [0.25, 0.3) is 11.8 Å². The van der Waals surface area contributed by atoms with Crippen molar-refractivity contribution in [3.63, 3.8) is 0 Å². The summed E-state index contributed by atoms with van der Waals surface area (Å²) in [6, 6.07) is 15.4. The topological polar surface area (TPSA) is 125 Å². The third-order valence-corrected chi connectivity index (χ3v) is 10.3. The first-order chi connectivity index (χ1) is 23.6. The van der Waals surface area contributed by atoms with Gasteiger partial charge in [0, 0.05) is 11.1 Å². The number of aromatic amines is 1. The fourth-order valence-corrected chi connectivity index (χ4v) is 7.34. The standard InChI is InChI=1S/C40H57N7O3/c1-27(2)11-10-24-50-32-13-9-12-30(25-32)35-37(49)47(40(42-35)22-18-31(19-23-40)39(6,7)8)33(20-21-38(3,4)5)28-14-16-29(17-15-28)36(48)41-26-34-43-45-46-44-34/h9,12-17,25,27,31,33H,10-11,18-24,26H2,1-8H3,(H,41,48)(H,43,44,45,46)/t31?,33-,40?/m1/s1. The van der Waals surface area contributed by atoms with Crippen LogP contribution < -0.4 is 10.1 Å². The Morgan fingerprint density at radius 2 is 1.76 bits per heavy atom. The summed E-state index contributed by atoms with van der Waals surface area (Å²) in [7, 11) is 0. The molecule has 3 aromatic rings. The normalized spacial score (nSPS) is 20.3. The van der Waals surface area contributed by atoms with Crippen molar-refractivity contribution in [2.45, 2.75) is 125 Å². The highest BCUT2D eigenvalue weighted by Crippen LogP contribution is 2.50. The molecule has 1 fully saturated rings. The van der Waals surface area contributed by atoms with E-state index in [9.17, 15) is 9.59 Å². The molecule has 50 heavy (non-hydrogen) atoms. The van der Waals surface area contributed by atoms with E-state index >= 15 is 0 Å². The number of H-pyrrole nitrogens is 1. The van der Waals surface area contributed by atoms with Crippen LogP contribution in [0.3, 0.4) is 0 Å². The van der Waals surface area contributed by atoms with Gasteiger partial charge in [-0.2, -0.15) is 5.21 Å². The largest absolute Gasteiger partial charge is 0.494 e. The maximum atomic E-state index is 14.9. The fraction of sp³-hybridized carbons (Fsp3) is 0.600. The van der Waals surface area contributed by atoms with Gasteiger partial charge in [-0.1, -0.05) is 84.9 Å². The van der Waals surface area contributed by atoms with E-state index in [4.69, 9.17) is 9.73 Å². The molecule has 0 bridgehead atoms. The van der Waals surface area contributed by atoms with Crippen LogP contribution in [0.25, 0.3) is 0 Å². The molecule has 0 saturated heterocycles. The van der Waals surface area contributed by atoms with Crippen LogP contribution in [0, 0.1) is 22.7 Å². The highest BCUT2D eigenvalue weighted by atomic mass is 16.5. The number of aromatic nitrogens is 4. The number of benzene rings is 2. The number of nitrogens with one attached hydrogen (secondary N) is 2. The van der Waals surface area contributed by atoms with Gasteiger partial charge < -0.3 is 15.0 Å². The monoisotopic (exact) mass is 683 g/mol. The fourth-order valence-electron chi connectivity index (χ4n) is 7.34. The Morgan fingerprint density at radius 1 is 1.04 bits per heavy atom. The smallest absolute Gasteiger partial charge is 0.275 e. The molecule has 2 heterocycles. The van der Waals surface area contributed by atoms with E-state index in [0.717, 1.165) is 68.2 Å². The number of amides is 2. The van der Waals surface area contributed by atoms with E-state index in [1.54, 1.807) is 0 Å². The quantitative estimate of drug-likeness (QED) is 0.176. The predicted octanol–water partition coefficient (Wildman–Crippen LogP) is 8.08. The third kappa shape index (κ3) is 9.17. The molecule has 0 radical (unpaired) electrons. The zero-order chi connectivity index (χ0) is 36.1. The van der Waals surface area contributed by atoms with Crippen molar-refractivity contribution < 1.29 is 14.3 Å². The number of nitrogens with zero attached hydrogens (tertiary/aromatic N) is 5. The minimum Gasteiger partial charge on any atom is -0.494 e. The van der Waals surface area contributed by atoms with Crippen LogP contribution in [0.1, 0.15) is 140 Å². The number of carbonyl (C=O) groups excluding carboxylic acids is 2. The van der Waals surface area contributed by atoms with Gasteiger partial charge in [-0.25, -0.2) is 0 Å². The van der Waals surface area contributed by atoms with E-state index in [2.05, 4.69) is 86.2 Å². The second-order valence-corrected chi connectivity index (χ2v) is 16.9. The molecule has 1 aliphatic heterocycles. The van der Waals surface area contributed by atoms with E-state index < -0.39 is 5.66 Å². The first-order valence-corrected chi connectivity index (χ1v) is 18.4. The van der Waals surface area contributed by atoms with Crippen LogP contribution >= 0.6 is 0 Å². The number of rotatable bonds is 13. The van der Waals surface area contributed by atoms with Crippen molar-refractivity contribution in [3.05, 3.63) is 71.0 Å². The molecule has 10 nitrogen and oxygen atoms in total. The highest BCUT2D eigenvalue weighted by molar-refractivity contribution is 6.46. The zero-order valence-corrected chi connectivity index (χ0v) is 31.4. The molecule has 2 aliphatic rings. The lowest BCUT2D eigenvalue weighted by Crippen LogP contribution is -2.51. The molecular weight excluding hydrogens is 626 g/mol. The van der Waals surface area contributed by atoms with Gasteiger partial charge in [-0.15, -0.1) is 10.2 Å². The Balaban J connectivity index is 1.47. The Bertz CT molecular complexity index is 1610. The summed E-state index contributed by atoms with van der Waals surface area (Å²) in [4.78, 5) is 35.4. The van der Waals surface area contributed by atoms with Gasteiger partial charge in [0.05, 0.1) is 19.2 Å². The summed E-state index contributed by atoms with van der Waals surface area (Å²) in [5.74, 6) is 2.12. The Hall–Kier alpha value is -4.08. The predicted molar refractivity (Wildman–Crippen MR) is 197 cm³/mol. The van der Waals surface area contributed by atoms with Gasteiger partial charge in [0.1, 0.15) is 17.1 Å². The summed E-state index contributed by atoms with van der Waals surface area (Å²) in [6.45, 7) is 19.0. The second-order valence-electron chi connectivity index (χ2n) is 16.9. The molecule has 2 aromatic carbocycles. The molecular formula is C40H57N7O3. The summed E-state index contributed by atoms with van der Waals surface area (Å²) >= 11 is 0. The van der Waals surface area contributed by atoms with Crippen molar-refractivity contribution in [1.29, 1.82) is 0 Å². The van der Waals surface area contributed by atoms with Crippen LogP contribution in [-0.4, -0.2) is 55.3 Å². The van der Waals surface area contributed by atoms with Crippen LogP contribution in [0.15, 0.2) is 53.5 Å². The van der Waals surface area contributed by atoms with Gasteiger partial charge >= 0.3 is 0 Å². The Labute approximate surface area is 298 Å². The van der Waals surface area contributed by atoms with Crippen molar-refractivity contribution in [2.24, 2.45) is 27.7 Å². The molecule has 1 aliphatic carbocycles. The van der Waals surface area contributed by atoms with Crippen LogP contribution in [0.4, 0.5) is 0 Å². The first kappa shape index (κ1) is 37.2. The molecule has 2 amide bonds. The van der Waals surface area contributed by atoms with Crippen molar-refractivity contribution in [3.8, 4) is 5.75 Å². The number of carbonyl (C=O) groups is 2. The van der Waals surface area contributed by atoms with E-state index in [1.807, 2.05) is 48.5 Å². The minimum absolute atomic E-state index is 0.0305. The van der Waals surface area contributed by atoms with Crippen LogP contribution in [-0.2, 0) is 11.3 Å². The van der Waals surface area contributed by atoms with E-state index in [-0.39, 0.29) is 35.2 Å². The van der Waals surface area contributed by atoms with Gasteiger partial charge in [0.2, 0.25) is 0 Å². The maximum Gasteiger partial charge on any atom is 0.275 e. The summed E-state index contributed by atoms with van der Waals surface area (Å²) in [5.41, 5.74) is 2.48. The molecule has 2 N–H and O–H groups in total. The number of aliphatic imine (C=N–C) groups is 1. The number of hydrogen-bond acceptors (Lipinski definition) is 7. The van der Waals surface area contributed by atoms with Crippen LogP contribution in [0.2, 0.25) is 0 Å². The molecule has 0 unspecified atom stereocenters. The number of hydrogen-bond donors (Lipinski definition) is 2. The SMILES string of the molecule is CC(C)CCCOc1cccc(C2=NC3(CCC(C(C)(C)C)CC3)N([C@H](CCC(C)(C)C)c3ccc(C(=O)NCc4nn[nH]n4)cc3)C2=O)c1. The summed E-state index contributed by atoms with van der Waals surface area (Å²) < 4.78 is 6.14. The molecule has 1 aromatic heterocycles. The lowest BCUT2D eigenvalue weighted by atomic mass is 9.69. The van der Waals surface area contributed by atoms with E-state index in [1.165, 1.54) is 0 Å². The van der Waals surface area contributed by atoms with Crippen molar-refractivity contribution >= 4 is 17.5 Å². The third-order valence-electron chi connectivity index (χ3n) is 10.3. The van der Waals surface area contributed by atoms with Crippen molar-refractivity contribution in [1.82, 2.24) is 30.8 Å². The number of ether oxygens (including phenoxy) is 1. The lowest BCUT2D eigenvalue weighted by molar-refractivity contribution is -0.134. The van der Waals surface area contributed by atoms with Crippen LogP contribution in [0.5, 0.6) is 5.75 Å². The number of tetrazole rings is 1. The summed E-state index contributed by atoms with van der Waals surface area (Å²) in [6.07, 6.45) is 7.45. The molecule has 1 atom stereocenters. The molecule has 270 valence electrons. The molecule has 1 spiro atoms. The molecule has 5 rings (SSSR count). The average Bonchev–Trinajstić information content (AvgIpc) is 3.68. The average molecular weight is 684 g/mol. The zero-order valence-electron chi connectivity index (χ0n) is 31.4. The maximum absolute atomic E-state index is 14.9. The lowest BCUT2D eigenvalue weighted by Gasteiger charge is -2.47. The summed E-state index contributed by atoms with van der Waals surface area (Å²) in [5, 5.41) is 16.6. The second kappa shape index (κ2) is 15.4. The van der Waals surface area contributed by atoms with Crippen molar-refractivity contribution in [2.75, 3.05) is 6.61 Å². The van der Waals surface area contributed by atoms with Gasteiger partial charge in [-0.05, 0) is 104 Å². The Kier molecular flexibility index (Phi) is 11.5. The first-order valence-electron chi connectivity index (χ1n) is 18.4. The highest BCUT2D eigenvalue weighted by Gasteiger charge is 2.52. The van der Waals surface area contributed by atoms with Gasteiger partial charge in [0.15, 0.2) is 5.82 Å². The minimum atomic E-state index is -0.633. The Morgan fingerprint density at radius 3 is 2.38 bits per heavy atom. The van der Waals surface area contributed by atoms with E-state index in [0.29, 0.717) is 35.5 Å². The molecule has 10 heteroatoms.